The van der Waals surface area contributed by atoms with E-state index in [1.165, 1.54) is 121 Å². The Morgan fingerprint density at radius 2 is 0.484 bits per heavy atom. The Bertz CT molecular complexity index is 4010. The second-order valence-electron chi connectivity index (χ2n) is 17.3. The third-order valence-corrected chi connectivity index (χ3v) is 14.1. The number of hydrogen-bond donors (Lipinski definition) is 0. The van der Waals surface area contributed by atoms with E-state index in [2.05, 4.69) is 236 Å². The molecule has 0 radical (unpaired) electrons. The first kappa shape index (κ1) is 34.0. The molecule has 0 bridgehead atoms. The monoisotopic (exact) mass is 812 g/mol. The van der Waals surface area contributed by atoms with E-state index in [-0.39, 0.29) is 0 Å². The lowest BCUT2D eigenvalue weighted by molar-refractivity contribution is 1.18. The molecule has 0 N–H and O–H groups in total. The van der Waals surface area contributed by atoms with E-state index in [1.807, 2.05) is 0 Å². The van der Waals surface area contributed by atoms with Crippen LogP contribution in [0.15, 0.2) is 218 Å². The maximum absolute atomic E-state index is 2.53. The van der Waals surface area contributed by atoms with Gasteiger partial charge in [-0.1, -0.05) is 133 Å². The van der Waals surface area contributed by atoms with Crippen LogP contribution in [0.3, 0.4) is 0 Å². The summed E-state index contributed by atoms with van der Waals surface area (Å²) < 4.78 is 9.85. The maximum atomic E-state index is 2.53. The van der Waals surface area contributed by atoms with Crippen LogP contribution in [-0.2, 0) is 0 Å². The average Bonchev–Trinajstić information content (AvgIpc) is 4.09. The number of fused-ring (bicyclic) bond motifs is 14. The molecule has 0 saturated heterocycles. The Kier molecular flexibility index (Phi) is 6.65. The number of aromatic nitrogens is 4. The van der Waals surface area contributed by atoms with Gasteiger partial charge in [0.2, 0.25) is 0 Å². The van der Waals surface area contributed by atoms with Crippen LogP contribution in [-0.4, -0.2) is 17.9 Å². The lowest BCUT2D eigenvalue weighted by atomic mass is 10.0. The number of rotatable bonds is 4. The van der Waals surface area contributed by atoms with E-state index in [4.69, 9.17) is 0 Å². The molecule has 0 fully saturated rings. The molecule has 0 spiro atoms. The fourth-order valence-electron chi connectivity index (χ4n) is 11.3. The van der Waals surface area contributed by atoms with E-state index in [9.17, 15) is 0 Å². The Hall–Kier alpha value is -8.60. The van der Waals surface area contributed by atoms with Crippen molar-refractivity contribution in [2.24, 2.45) is 0 Å². The first-order valence-electron chi connectivity index (χ1n) is 22.1. The van der Waals surface area contributed by atoms with Gasteiger partial charge in [-0.3, -0.25) is 0 Å². The molecule has 0 aliphatic carbocycles. The van der Waals surface area contributed by atoms with Gasteiger partial charge in [-0.15, -0.1) is 0 Å². The van der Waals surface area contributed by atoms with Crippen molar-refractivity contribution in [3.8, 4) is 33.6 Å². The van der Waals surface area contributed by atoms with Gasteiger partial charge in [0.15, 0.2) is 0 Å². The van der Waals surface area contributed by atoms with Gasteiger partial charge in [-0.05, 0) is 107 Å². The van der Waals surface area contributed by atoms with Crippen LogP contribution < -0.4 is 0 Å². The molecular weight excluding hydrogens is 777 g/mol. The van der Waals surface area contributed by atoms with Crippen molar-refractivity contribution in [1.29, 1.82) is 0 Å². The van der Waals surface area contributed by atoms with Crippen LogP contribution >= 0.6 is 0 Å². The van der Waals surface area contributed by atoms with Gasteiger partial charge in [-0.2, -0.15) is 0 Å². The van der Waals surface area contributed by atoms with Crippen molar-refractivity contribution in [3.05, 3.63) is 218 Å². The maximum Gasteiger partial charge on any atom is 0.0783 e. The van der Waals surface area contributed by atoms with Gasteiger partial charge in [0.25, 0.3) is 0 Å². The summed E-state index contributed by atoms with van der Waals surface area (Å²) in [7, 11) is 0. The second-order valence-corrected chi connectivity index (χ2v) is 17.3. The van der Waals surface area contributed by atoms with Crippen LogP contribution in [0.25, 0.3) is 132 Å². The quantitative estimate of drug-likeness (QED) is 0.158. The molecule has 0 amide bonds. The summed E-state index contributed by atoms with van der Waals surface area (Å²) in [5.74, 6) is 0. The van der Waals surface area contributed by atoms with E-state index in [0.717, 1.165) is 11.4 Å². The van der Waals surface area contributed by atoms with Gasteiger partial charge < -0.3 is 17.9 Å². The molecule has 5 aromatic heterocycles. The fourth-order valence-corrected chi connectivity index (χ4v) is 11.3. The van der Waals surface area contributed by atoms with Crippen molar-refractivity contribution in [2.45, 2.75) is 0 Å². The molecule has 10 aromatic carbocycles. The van der Waals surface area contributed by atoms with E-state index < -0.39 is 0 Å². The molecule has 15 aromatic rings. The molecule has 0 atom stereocenters. The smallest absolute Gasteiger partial charge is 0.0783 e. The topological polar surface area (TPSA) is 18.7 Å². The van der Waals surface area contributed by atoms with Crippen molar-refractivity contribution in [3.63, 3.8) is 0 Å². The van der Waals surface area contributed by atoms with E-state index in [1.54, 1.807) is 0 Å². The molecule has 5 heterocycles. The molecule has 0 aliphatic heterocycles. The number of hydrogen-bond acceptors (Lipinski definition) is 0. The normalized spacial score (nSPS) is 12.4. The highest BCUT2D eigenvalue weighted by Crippen LogP contribution is 2.44. The summed E-state index contributed by atoms with van der Waals surface area (Å²) in [5, 5.41) is 10.1. The molecule has 296 valence electrons. The number of nitrogens with zero attached hydrogens (tertiary/aromatic N) is 4. The summed E-state index contributed by atoms with van der Waals surface area (Å²) in [5.41, 5.74) is 19.3. The highest BCUT2D eigenvalue weighted by atomic mass is 15.0. The third-order valence-electron chi connectivity index (χ3n) is 14.1. The largest absolute Gasteiger partial charge is 0.309 e. The highest BCUT2D eigenvalue weighted by molar-refractivity contribution is 6.23. The number of para-hydroxylation sites is 6. The SMILES string of the molecule is c1ccc2c(c1)c1ccccc1n2-c1ccc(-c2cc3c4ccccc4n4c5cc(-c6ccc(-n7c8ccccc8c8ccccc87)cc6)cc6c7ccccc7n(c(c2)c34)c65)cc1. The zero-order valence-electron chi connectivity index (χ0n) is 34.6. The molecule has 4 nitrogen and oxygen atoms in total. The minimum absolute atomic E-state index is 1.16. The summed E-state index contributed by atoms with van der Waals surface area (Å²) in [6, 6.07) is 80.7. The fraction of sp³-hybridized carbons (Fsp3) is 0. The summed E-state index contributed by atoms with van der Waals surface area (Å²) >= 11 is 0. The van der Waals surface area contributed by atoms with Crippen LogP contribution in [0.1, 0.15) is 0 Å². The van der Waals surface area contributed by atoms with E-state index >= 15 is 0 Å². The van der Waals surface area contributed by atoms with Gasteiger partial charge >= 0.3 is 0 Å². The average molecular weight is 813 g/mol. The van der Waals surface area contributed by atoms with Gasteiger partial charge in [0, 0.05) is 54.5 Å². The van der Waals surface area contributed by atoms with Crippen LogP contribution in [0, 0.1) is 0 Å². The predicted octanol–water partition coefficient (Wildman–Crippen LogP) is 15.8. The molecule has 15 rings (SSSR count). The molecular formula is C60H36N4. The highest BCUT2D eigenvalue weighted by Gasteiger charge is 2.23. The number of benzene rings is 10. The first-order valence-corrected chi connectivity index (χ1v) is 22.1. The zero-order chi connectivity index (χ0) is 41.6. The van der Waals surface area contributed by atoms with Crippen LogP contribution in [0.4, 0.5) is 0 Å². The first-order chi connectivity index (χ1) is 31.8. The molecule has 64 heavy (non-hydrogen) atoms. The minimum Gasteiger partial charge on any atom is -0.309 e. The zero-order valence-corrected chi connectivity index (χ0v) is 34.6. The van der Waals surface area contributed by atoms with Crippen molar-refractivity contribution >= 4 is 98.3 Å². The lowest BCUT2D eigenvalue weighted by Crippen LogP contribution is -1.98. The van der Waals surface area contributed by atoms with Crippen molar-refractivity contribution in [1.82, 2.24) is 17.9 Å². The van der Waals surface area contributed by atoms with E-state index in [0.29, 0.717) is 0 Å². The standard InChI is InChI=1S/C60H36N4/c1-7-19-51-43(13-1)44-14-2-8-20-52(44)61(51)41-29-25-37(26-30-41)39-33-49-47-17-5-11-23-55(47)64-58-36-40(34-50-48-18-6-12-24-56(48)63(60(50)58)57(35-39)59(49)64)38-27-31-42(32-28-38)62-53-21-9-3-15-45(53)46-16-4-10-22-54(46)62/h1-36H. The Morgan fingerprint density at radius 3 is 0.812 bits per heavy atom. The Labute approximate surface area is 366 Å². The Balaban J connectivity index is 0.944. The molecule has 0 aliphatic rings. The predicted molar refractivity (Wildman–Crippen MR) is 269 cm³/mol. The summed E-state index contributed by atoms with van der Waals surface area (Å²) in [4.78, 5) is 0. The van der Waals surface area contributed by atoms with Gasteiger partial charge in [0.05, 0.1) is 55.2 Å². The Morgan fingerprint density at radius 1 is 0.203 bits per heavy atom. The molecule has 0 unspecified atom stereocenters. The van der Waals surface area contributed by atoms with Crippen molar-refractivity contribution in [2.75, 3.05) is 0 Å². The molecule has 4 heteroatoms. The lowest BCUT2D eigenvalue weighted by Gasteiger charge is -2.15. The van der Waals surface area contributed by atoms with Gasteiger partial charge in [-0.25, -0.2) is 0 Å². The third kappa shape index (κ3) is 4.46. The second kappa shape index (κ2) is 12.5. The van der Waals surface area contributed by atoms with Crippen LogP contribution in [0.2, 0.25) is 0 Å². The molecule has 0 saturated carbocycles. The summed E-state index contributed by atoms with van der Waals surface area (Å²) in [6.45, 7) is 0. The van der Waals surface area contributed by atoms with Gasteiger partial charge in [0.1, 0.15) is 0 Å². The minimum atomic E-state index is 1.16. The van der Waals surface area contributed by atoms with Crippen LogP contribution in [0.5, 0.6) is 0 Å². The van der Waals surface area contributed by atoms with Crippen molar-refractivity contribution < 1.29 is 0 Å². The summed E-state index contributed by atoms with van der Waals surface area (Å²) in [6.07, 6.45) is 0.